The van der Waals surface area contributed by atoms with Crippen molar-refractivity contribution < 1.29 is 0 Å². The fourth-order valence-corrected chi connectivity index (χ4v) is 0.523. The van der Waals surface area contributed by atoms with Crippen LogP contribution in [-0.2, 0) is 0 Å². The van der Waals surface area contributed by atoms with Gasteiger partial charge in [0, 0.05) is 18.9 Å². The summed E-state index contributed by atoms with van der Waals surface area (Å²) < 4.78 is 0. The lowest BCUT2D eigenvalue weighted by Crippen LogP contribution is -2.34. The molecule has 1 aliphatic rings. The molecule has 0 atom stereocenters. The Balaban J connectivity index is 2.42. The molecular weight excluding hydrogens is 90.1 g/mol. The molecule has 3 nitrogen and oxygen atoms in total. The highest BCUT2D eigenvalue weighted by Gasteiger charge is 1.99. The van der Waals surface area contributed by atoms with E-state index in [2.05, 4.69) is 10.9 Å². The Morgan fingerprint density at radius 3 is 2.57 bits per heavy atom. The lowest BCUT2D eigenvalue weighted by Gasteiger charge is -2.08. The number of hydrogen-bond acceptors (Lipinski definition) is 3. The lowest BCUT2D eigenvalue weighted by atomic mass is 10.6. The summed E-state index contributed by atoms with van der Waals surface area (Å²) in [6, 6.07) is 0. The Labute approximate surface area is 42.9 Å². The summed E-state index contributed by atoms with van der Waals surface area (Å²) in [6.07, 6.45) is 1.90. The van der Waals surface area contributed by atoms with Crippen LogP contribution in [0.2, 0.25) is 0 Å². The van der Waals surface area contributed by atoms with Crippen LogP contribution in [0.3, 0.4) is 0 Å². The van der Waals surface area contributed by atoms with Crippen LogP contribution in [0, 0.1) is 0 Å². The van der Waals surface area contributed by atoms with E-state index >= 15 is 0 Å². The molecule has 0 saturated heterocycles. The fourth-order valence-electron chi connectivity index (χ4n) is 0.523. The third-order valence-electron chi connectivity index (χ3n) is 0.819. The highest BCUT2D eigenvalue weighted by molar-refractivity contribution is 4.95. The molecule has 0 amide bonds. The van der Waals surface area contributed by atoms with Crippen molar-refractivity contribution in [2.24, 2.45) is 0 Å². The van der Waals surface area contributed by atoms with Crippen LogP contribution in [0.1, 0.15) is 6.92 Å². The predicted octanol–water partition coefficient (Wildman–Crippen LogP) is -0.198. The Kier molecular flexibility index (Phi) is 0.906. The van der Waals surface area contributed by atoms with E-state index in [1.807, 2.05) is 20.2 Å². The summed E-state index contributed by atoms with van der Waals surface area (Å²) in [4.78, 5) is 0. The van der Waals surface area contributed by atoms with Gasteiger partial charge in [-0.05, 0) is 6.92 Å². The third kappa shape index (κ3) is 0.838. The second-order valence-corrected chi connectivity index (χ2v) is 1.63. The number of hydrazine groups is 2. The number of hydrogen-bond donors (Lipinski definition) is 2. The van der Waals surface area contributed by atoms with Crippen molar-refractivity contribution >= 4 is 0 Å². The van der Waals surface area contributed by atoms with E-state index < -0.39 is 0 Å². The second kappa shape index (κ2) is 1.42. The zero-order valence-corrected chi connectivity index (χ0v) is 4.52. The van der Waals surface area contributed by atoms with E-state index in [-0.39, 0.29) is 0 Å². The molecule has 7 heavy (non-hydrogen) atoms. The molecule has 1 aliphatic heterocycles. The van der Waals surface area contributed by atoms with E-state index in [1.165, 1.54) is 0 Å². The summed E-state index contributed by atoms with van der Waals surface area (Å²) in [6.45, 7) is 2.00. The van der Waals surface area contributed by atoms with Crippen LogP contribution >= 0.6 is 0 Å². The van der Waals surface area contributed by atoms with Gasteiger partial charge in [-0.2, -0.15) is 0 Å². The summed E-state index contributed by atoms with van der Waals surface area (Å²) >= 11 is 0. The molecule has 40 valence electrons. The molecule has 3 heteroatoms. The minimum Gasteiger partial charge on any atom is -0.307 e. The molecular formula is C4H9N3. The SMILES string of the molecule is CC1=CNN(C)N1. The summed E-state index contributed by atoms with van der Waals surface area (Å²) in [5.41, 5.74) is 7.07. The van der Waals surface area contributed by atoms with Gasteiger partial charge in [0.05, 0.1) is 0 Å². The molecule has 0 bridgehead atoms. The van der Waals surface area contributed by atoms with E-state index in [9.17, 15) is 0 Å². The Bertz CT molecular complexity index is 97.1. The molecule has 0 aromatic rings. The smallest absolute Gasteiger partial charge is 0.0422 e. The maximum atomic E-state index is 3.00. The molecule has 0 fully saturated rings. The average Bonchev–Trinajstić information content (AvgIpc) is 1.87. The number of nitrogens with zero attached hydrogens (tertiary/aromatic N) is 1. The van der Waals surface area contributed by atoms with Gasteiger partial charge in [0.1, 0.15) is 0 Å². The van der Waals surface area contributed by atoms with Gasteiger partial charge in [0.2, 0.25) is 0 Å². The highest BCUT2D eigenvalue weighted by atomic mass is 15.7. The zero-order valence-electron chi connectivity index (χ0n) is 4.52. The van der Waals surface area contributed by atoms with Gasteiger partial charge in [-0.15, -0.1) is 5.12 Å². The standard InChI is InChI=1S/C4H9N3/c1-4-3-5-7(2)6-4/h3,5-6H,1-2H3. The van der Waals surface area contributed by atoms with Crippen LogP contribution in [0.5, 0.6) is 0 Å². The molecule has 0 unspecified atom stereocenters. The first-order valence-corrected chi connectivity index (χ1v) is 2.22. The Morgan fingerprint density at radius 2 is 2.43 bits per heavy atom. The summed E-state index contributed by atoms with van der Waals surface area (Å²) in [5.74, 6) is 0. The maximum Gasteiger partial charge on any atom is 0.0422 e. The minimum atomic E-state index is 1.14. The minimum absolute atomic E-state index is 1.14. The molecule has 1 heterocycles. The second-order valence-electron chi connectivity index (χ2n) is 1.63. The quantitative estimate of drug-likeness (QED) is 0.440. The van der Waals surface area contributed by atoms with Crippen molar-refractivity contribution in [3.05, 3.63) is 11.9 Å². The molecule has 1 rings (SSSR count). The largest absolute Gasteiger partial charge is 0.307 e. The Morgan fingerprint density at radius 1 is 1.71 bits per heavy atom. The monoisotopic (exact) mass is 99.1 g/mol. The third-order valence-corrected chi connectivity index (χ3v) is 0.819. The van der Waals surface area contributed by atoms with E-state index in [1.54, 1.807) is 5.12 Å². The Hall–Kier alpha value is -0.700. The van der Waals surface area contributed by atoms with Crippen LogP contribution in [0.15, 0.2) is 11.9 Å². The van der Waals surface area contributed by atoms with Gasteiger partial charge < -0.3 is 10.9 Å². The summed E-state index contributed by atoms with van der Waals surface area (Å²) in [7, 11) is 1.91. The van der Waals surface area contributed by atoms with E-state index in [4.69, 9.17) is 0 Å². The lowest BCUT2D eigenvalue weighted by molar-refractivity contribution is 0.241. The molecule has 0 aromatic carbocycles. The first kappa shape index (κ1) is 4.46. The van der Waals surface area contributed by atoms with Gasteiger partial charge in [0.15, 0.2) is 0 Å². The first-order chi connectivity index (χ1) is 3.29. The number of allylic oxidation sites excluding steroid dienone is 1. The maximum absolute atomic E-state index is 3.00. The van der Waals surface area contributed by atoms with E-state index in [0.717, 1.165) is 5.70 Å². The highest BCUT2D eigenvalue weighted by Crippen LogP contribution is 1.89. The molecule has 0 aromatic heterocycles. The van der Waals surface area contributed by atoms with Crippen molar-refractivity contribution in [1.29, 1.82) is 0 Å². The van der Waals surface area contributed by atoms with Crippen molar-refractivity contribution in [2.75, 3.05) is 7.05 Å². The van der Waals surface area contributed by atoms with Crippen LogP contribution in [-0.4, -0.2) is 12.2 Å². The molecule has 0 spiro atoms. The van der Waals surface area contributed by atoms with Gasteiger partial charge >= 0.3 is 0 Å². The normalized spacial score (nSPS) is 20.6. The summed E-state index contributed by atoms with van der Waals surface area (Å²) in [5, 5.41) is 1.79. The zero-order chi connectivity index (χ0) is 5.28. The van der Waals surface area contributed by atoms with Gasteiger partial charge in [-0.25, -0.2) is 0 Å². The van der Waals surface area contributed by atoms with Gasteiger partial charge in [-0.3, -0.25) is 0 Å². The average molecular weight is 99.1 g/mol. The van der Waals surface area contributed by atoms with Crippen LogP contribution < -0.4 is 10.9 Å². The molecule has 2 N–H and O–H groups in total. The predicted molar refractivity (Wildman–Crippen MR) is 27.8 cm³/mol. The van der Waals surface area contributed by atoms with Crippen molar-refractivity contribution in [3.8, 4) is 0 Å². The topological polar surface area (TPSA) is 27.3 Å². The van der Waals surface area contributed by atoms with Gasteiger partial charge in [-0.1, -0.05) is 0 Å². The molecule has 0 saturated carbocycles. The first-order valence-electron chi connectivity index (χ1n) is 2.22. The number of nitrogens with one attached hydrogen (secondary N) is 2. The molecule has 0 aliphatic carbocycles. The van der Waals surface area contributed by atoms with Crippen LogP contribution in [0.4, 0.5) is 0 Å². The van der Waals surface area contributed by atoms with Gasteiger partial charge in [0.25, 0.3) is 0 Å². The molecule has 0 radical (unpaired) electrons. The number of rotatable bonds is 0. The van der Waals surface area contributed by atoms with E-state index in [0.29, 0.717) is 0 Å². The van der Waals surface area contributed by atoms with Crippen molar-refractivity contribution in [2.45, 2.75) is 6.92 Å². The van der Waals surface area contributed by atoms with Crippen molar-refractivity contribution in [1.82, 2.24) is 16.0 Å². The van der Waals surface area contributed by atoms with Crippen molar-refractivity contribution in [3.63, 3.8) is 0 Å². The fraction of sp³-hybridized carbons (Fsp3) is 0.500. The van der Waals surface area contributed by atoms with Crippen LogP contribution in [0.25, 0.3) is 0 Å².